The molecule has 72 valence electrons. The molecule has 2 aromatic heterocycles. The van der Waals surface area contributed by atoms with E-state index >= 15 is 0 Å². The number of nitrogens with zero attached hydrogens (tertiary/aromatic N) is 2. The fraction of sp³-hybridized carbons (Fsp3) is 0.222. The first-order chi connectivity index (χ1) is 6.75. The number of aryl methyl sites for hydroxylation is 1. The molecule has 5 nitrogen and oxygen atoms in total. The summed E-state index contributed by atoms with van der Waals surface area (Å²) in [6, 6.07) is 3.79. The fourth-order valence-electron chi connectivity index (χ4n) is 1.22. The average molecular weight is 191 g/mol. The van der Waals surface area contributed by atoms with Crippen LogP contribution < -0.4 is 5.76 Å². The number of hydrogen-bond acceptors (Lipinski definition) is 4. The summed E-state index contributed by atoms with van der Waals surface area (Å²) in [5.41, 5.74) is 1.95. The van der Waals surface area contributed by atoms with E-state index in [0.717, 1.165) is 11.3 Å². The number of nitrogens with one attached hydrogen (secondary N) is 1. The van der Waals surface area contributed by atoms with E-state index in [4.69, 9.17) is 0 Å². The van der Waals surface area contributed by atoms with Gasteiger partial charge in [0.2, 0.25) is 0 Å². The van der Waals surface area contributed by atoms with Gasteiger partial charge in [-0.05, 0) is 18.6 Å². The molecule has 2 aromatic rings. The van der Waals surface area contributed by atoms with Gasteiger partial charge in [0.25, 0.3) is 0 Å². The SMILES string of the molecule is Cc1ncccc1Cc1noc(=O)[nH]1. The lowest BCUT2D eigenvalue weighted by Gasteiger charge is -1.99. The van der Waals surface area contributed by atoms with Crippen molar-refractivity contribution in [2.75, 3.05) is 0 Å². The van der Waals surface area contributed by atoms with Crippen LogP contribution in [-0.4, -0.2) is 15.1 Å². The molecular weight excluding hydrogens is 182 g/mol. The Bertz CT molecular complexity index is 487. The molecule has 0 aliphatic rings. The summed E-state index contributed by atoms with van der Waals surface area (Å²) in [6.07, 6.45) is 2.26. The Labute approximate surface area is 79.8 Å². The van der Waals surface area contributed by atoms with Crippen molar-refractivity contribution >= 4 is 0 Å². The largest absolute Gasteiger partial charge is 0.438 e. The van der Waals surface area contributed by atoms with Crippen molar-refractivity contribution in [1.82, 2.24) is 15.1 Å². The van der Waals surface area contributed by atoms with Gasteiger partial charge in [-0.25, -0.2) is 4.79 Å². The molecule has 0 unspecified atom stereocenters. The zero-order valence-electron chi connectivity index (χ0n) is 7.65. The zero-order valence-corrected chi connectivity index (χ0v) is 7.65. The summed E-state index contributed by atoms with van der Waals surface area (Å²) in [4.78, 5) is 17.3. The monoisotopic (exact) mass is 191 g/mol. The van der Waals surface area contributed by atoms with E-state index in [1.165, 1.54) is 0 Å². The van der Waals surface area contributed by atoms with Crippen molar-refractivity contribution in [2.24, 2.45) is 0 Å². The topological polar surface area (TPSA) is 71.8 Å². The smallest absolute Gasteiger partial charge is 0.296 e. The maximum Gasteiger partial charge on any atom is 0.438 e. The molecule has 0 saturated carbocycles. The van der Waals surface area contributed by atoms with Crippen LogP contribution in [0.25, 0.3) is 0 Å². The second kappa shape index (κ2) is 3.45. The van der Waals surface area contributed by atoms with Crippen LogP contribution in [-0.2, 0) is 6.42 Å². The molecule has 14 heavy (non-hydrogen) atoms. The summed E-state index contributed by atoms with van der Waals surface area (Å²) in [6.45, 7) is 1.91. The quantitative estimate of drug-likeness (QED) is 0.756. The van der Waals surface area contributed by atoms with Crippen molar-refractivity contribution in [3.05, 3.63) is 46.0 Å². The van der Waals surface area contributed by atoms with E-state index in [9.17, 15) is 4.79 Å². The third kappa shape index (κ3) is 1.71. The minimum absolute atomic E-state index is 0.520. The first-order valence-corrected chi connectivity index (χ1v) is 4.21. The van der Waals surface area contributed by atoms with Crippen molar-refractivity contribution in [2.45, 2.75) is 13.3 Å². The van der Waals surface area contributed by atoms with E-state index in [1.54, 1.807) is 6.20 Å². The van der Waals surface area contributed by atoms with Crippen LogP contribution in [0.5, 0.6) is 0 Å². The Balaban J connectivity index is 2.27. The summed E-state index contributed by atoms with van der Waals surface area (Å²) >= 11 is 0. The predicted octanol–water partition coefficient (Wildman–Crippen LogP) is 0.657. The molecule has 0 aliphatic heterocycles. The van der Waals surface area contributed by atoms with Crippen LogP contribution in [0.2, 0.25) is 0 Å². The highest BCUT2D eigenvalue weighted by atomic mass is 16.5. The standard InChI is InChI=1S/C9H9N3O2/c1-6-7(3-2-4-10-6)5-8-11-9(13)14-12-8/h2-4H,5H2,1H3,(H,11,12,13). The summed E-state index contributed by atoms with van der Waals surface area (Å²) in [5, 5.41) is 3.58. The molecular formula is C9H9N3O2. The van der Waals surface area contributed by atoms with Gasteiger partial charge >= 0.3 is 5.76 Å². The molecule has 0 aliphatic carbocycles. The Hall–Kier alpha value is -1.91. The molecule has 5 heteroatoms. The Morgan fingerprint density at radius 3 is 3.07 bits per heavy atom. The maximum atomic E-state index is 10.7. The third-order valence-electron chi connectivity index (χ3n) is 1.96. The minimum atomic E-state index is -0.526. The highest BCUT2D eigenvalue weighted by Gasteiger charge is 2.04. The summed E-state index contributed by atoms with van der Waals surface area (Å²) in [7, 11) is 0. The normalized spacial score (nSPS) is 10.4. The molecule has 1 N–H and O–H groups in total. The fourth-order valence-corrected chi connectivity index (χ4v) is 1.22. The molecule has 2 heterocycles. The van der Waals surface area contributed by atoms with E-state index in [2.05, 4.69) is 19.6 Å². The highest BCUT2D eigenvalue weighted by molar-refractivity contribution is 5.21. The van der Waals surface area contributed by atoms with Crippen molar-refractivity contribution in [1.29, 1.82) is 0 Å². The van der Waals surface area contributed by atoms with E-state index in [0.29, 0.717) is 12.2 Å². The van der Waals surface area contributed by atoms with E-state index in [1.807, 2.05) is 19.1 Å². The number of rotatable bonds is 2. The lowest BCUT2D eigenvalue weighted by atomic mass is 10.1. The Kier molecular flexibility index (Phi) is 2.14. The second-order valence-electron chi connectivity index (χ2n) is 2.97. The lowest BCUT2D eigenvalue weighted by molar-refractivity contribution is 0.382. The minimum Gasteiger partial charge on any atom is -0.296 e. The van der Waals surface area contributed by atoms with Crippen LogP contribution in [0.1, 0.15) is 17.1 Å². The van der Waals surface area contributed by atoms with Crippen LogP contribution in [0.15, 0.2) is 27.6 Å². The van der Waals surface area contributed by atoms with Gasteiger partial charge < -0.3 is 0 Å². The molecule has 0 fully saturated rings. The third-order valence-corrected chi connectivity index (χ3v) is 1.96. The molecule has 0 amide bonds. The highest BCUT2D eigenvalue weighted by Crippen LogP contribution is 2.07. The number of H-pyrrole nitrogens is 1. The molecule has 2 rings (SSSR count). The van der Waals surface area contributed by atoms with Gasteiger partial charge in [-0.15, -0.1) is 0 Å². The molecule has 0 aromatic carbocycles. The van der Waals surface area contributed by atoms with Gasteiger partial charge in [0.15, 0.2) is 5.82 Å². The van der Waals surface area contributed by atoms with Gasteiger partial charge in [-0.3, -0.25) is 14.5 Å². The van der Waals surface area contributed by atoms with E-state index in [-0.39, 0.29) is 0 Å². The average Bonchev–Trinajstić information content (AvgIpc) is 2.56. The molecule has 0 spiro atoms. The van der Waals surface area contributed by atoms with Crippen molar-refractivity contribution in [3.8, 4) is 0 Å². The van der Waals surface area contributed by atoms with Crippen LogP contribution in [0.3, 0.4) is 0 Å². The van der Waals surface area contributed by atoms with Gasteiger partial charge in [-0.1, -0.05) is 11.2 Å². The Morgan fingerprint density at radius 2 is 2.43 bits per heavy atom. The van der Waals surface area contributed by atoms with Crippen molar-refractivity contribution in [3.63, 3.8) is 0 Å². The molecule has 0 atom stereocenters. The van der Waals surface area contributed by atoms with E-state index < -0.39 is 5.76 Å². The van der Waals surface area contributed by atoms with Crippen molar-refractivity contribution < 1.29 is 4.52 Å². The molecule has 0 radical (unpaired) electrons. The first kappa shape index (κ1) is 8.68. The molecule has 0 bridgehead atoms. The first-order valence-electron chi connectivity index (χ1n) is 4.21. The maximum absolute atomic E-state index is 10.7. The van der Waals surface area contributed by atoms with Crippen LogP contribution >= 0.6 is 0 Å². The van der Waals surface area contributed by atoms with Crippen LogP contribution in [0, 0.1) is 6.92 Å². The molecule has 0 saturated heterocycles. The lowest BCUT2D eigenvalue weighted by Crippen LogP contribution is -1.99. The zero-order chi connectivity index (χ0) is 9.97. The van der Waals surface area contributed by atoms with Gasteiger partial charge in [0, 0.05) is 18.3 Å². The second-order valence-corrected chi connectivity index (χ2v) is 2.97. The Morgan fingerprint density at radius 1 is 1.57 bits per heavy atom. The van der Waals surface area contributed by atoms with Crippen LogP contribution in [0.4, 0.5) is 0 Å². The van der Waals surface area contributed by atoms with Gasteiger partial charge in [-0.2, -0.15) is 0 Å². The van der Waals surface area contributed by atoms with Gasteiger partial charge in [0.1, 0.15) is 0 Å². The summed E-state index contributed by atoms with van der Waals surface area (Å²) < 4.78 is 4.40. The number of hydrogen-bond donors (Lipinski definition) is 1. The predicted molar refractivity (Wildman–Crippen MR) is 48.9 cm³/mol. The number of aromatic nitrogens is 3. The van der Waals surface area contributed by atoms with Gasteiger partial charge in [0.05, 0.1) is 0 Å². The number of aromatic amines is 1. The summed E-state index contributed by atoms with van der Waals surface area (Å²) in [5.74, 6) is -0.00681. The number of pyridine rings is 1.